The second kappa shape index (κ2) is 38.7. The lowest BCUT2D eigenvalue weighted by molar-refractivity contribution is -0.117. The Labute approximate surface area is 560 Å². The third-order valence-electron chi connectivity index (χ3n) is 15.2. The smallest absolute Gasteiger partial charge is 0.242 e. The zero-order valence-electron chi connectivity index (χ0n) is 60.6. The van der Waals surface area contributed by atoms with Gasteiger partial charge in [0.25, 0.3) is 0 Å². The van der Waals surface area contributed by atoms with Crippen molar-refractivity contribution < 1.29 is 31.5 Å². The second-order valence-corrected chi connectivity index (χ2v) is 30.2. The summed E-state index contributed by atoms with van der Waals surface area (Å²) < 4.78 is 46.3. The monoisotopic (exact) mass is 1300 g/mol. The van der Waals surface area contributed by atoms with Gasteiger partial charge in [-0.15, -0.1) is 11.3 Å². The number of furan rings is 1. The molecule has 1 saturated heterocycles. The Bertz CT molecular complexity index is 3410. The molecule has 1 amide bonds. The minimum Gasteiger partial charge on any atom is -0.466 e. The van der Waals surface area contributed by atoms with Crippen LogP contribution < -0.4 is 4.90 Å². The molecule has 9 rings (SSSR count). The van der Waals surface area contributed by atoms with Gasteiger partial charge in [0.2, 0.25) is 15.9 Å². The van der Waals surface area contributed by atoms with Gasteiger partial charge in [-0.05, 0) is 140 Å². The van der Waals surface area contributed by atoms with Crippen LogP contribution in [0, 0.1) is 13.8 Å². The number of ether oxygens (including phenoxy) is 2. The van der Waals surface area contributed by atoms with E-state index in [1.165, 1.54) is 57.5 Å². The maximum Gasteiger partial charge on any atom is 0.242 e. The Kier molecular flexibility index (Phi) is 33.6. The molecule has 15 heteroatoms. The Morgan fingerprint density at radius 2 is 1.21 bits per heavy atom. The van der Waals surface area contributed by atoms with Crippen molar-refractivity contribution in [2.75, 3.05) is 39.2 Å². The van der Waals surface area contributed by atoms with Gasteiger partial charge < -0.3 is 23.2 Å². The number of carbonyl (C=O) groups is 1. The molecule has 0 N–H and O–H groups in total. The van der Waals surface area contributed by atoms with Gasteiger partial charge in [0, 0.05) is 62.5 Å². The highest BCUT2D eigenvalue weighted by Gasteiger charge is 2.24. The SMILES string of the molecule is CC(C)OCc1ccc(C(C)C)cc1.CC(C)c1ccc(C2=NC=NC2)cc1.CC(C)c1ccc(S(=O)(=O)N(C)C)cc1.CC(C)c1ncc(C(C)(C)C)o1.COC(C)c1nc(C(C)C)cs1.Cc1ccc(C(C)C)cc1N1CCCC1=O.Cc1ccc(C(C)C)o1. The number of aliphatic imine (C=N–C) groups is 2. The van der Waals surface area contributed by atoms with Crippen molar-refractivity contribution >= 4 is 45.0 Å². The Morgan fingerprint density at radius 1 is 0.663 bits per heavy atom. The fourth-order valence-electron chi connectivity index (χ4n) is 8.70. The number of thiazole rings is 1. The van der Waals surface area contributed by atoms with Crippen LogP contribution in [-0.4, -0.2) is 81.0 Å². The van der Waals surface area contributed by atoms with E-state index in [0.29, 0.717) is 58.8 Å². The number of sulfonamides is 1. The Balaban J connectivity index is 0.000000282. The lowest BCUT2D eigenvalue weighted by atomic mass is 9.94. The number of oxazole rings is 1. The van der Waals surface area contributed by atoms with E-state index in [1.807, 2.05) is 49.2 Å². The highest BCUT2D eigenvalue weighted by atomic mass is 32.2. The van der Waals surface area contributed by atoms with Crippen LogP contribution in [-0.2, 0) is 36.3 Å². The first-order valence-corrected chi connectivity index (χ1v) is 35.2. The van der Waals surface area contributed by atoms with Crippen LogP contribution in [0.25, 0.3) is 0 Å². The molecular formula is C77H114N6O7S2. The predicted molar refractivity (Wildman–Crippen MR) is 388 cm³/mol. The number of rotatable bonds is 16. The molecule has 3 aromatic heterocycles. The average molecular weight is 1300 g/mol. The minimum absolute atomic E-state index is 0.0696. The quantitative estimate of drug-likeness (QED) is 0.0920. The lowest BCUT2D eigenvalue weighted by Crippen LogP contribution is -2.24. The predicted octanol–water partition coefficient (Wildman–Crippen LogP) is 20.5. The normalized spacial score (nSPS) is 13.3. The van der Waals surface area contributed by atoms with Crippen LogP contribution in [0.1, 0.15) is 272 Å². The molecule has 1 atom stereocenters. The van der Waals surface area contributed by atoms with Gasteiger partial charge in [0.1, 0.15) is 34.7 Å². The number of methoxy groups -OCH3 is 1. The molecule has 92 heavy (non-hydrogen) atoms. The zero-order chi connectivity index (χ0) is 69.2. The van der Waals surface area contributed by atoms with Gasteiger partial charge in [0.15, 0.2) is 5.89 Å². The van der Waals surface area contributed by atoms with E-state index >= 15 is 0 Å². The molecule has 1 unspecified atom stereocenters. The number of aryl methyl sites for hydroxylation is 2. The second-order valence-electron chi connectivity index (χ2n) is 27.1. The number of nitrogens with zero attached hydrogens (tertiary/aromatic N) is 6. The van der Waals surface area contributed by atoms with E-state index in [0.717, 1.165) is 71.3 Å². The molecular weight excluding hydrogens is 1190 g/mol. The topological polar surface area (TPSA) is 153 Å². The molecule has 0 saturated carbocycles. The first kappa shape index (κ1) is 79.9. The van der Waals surface area contributed by atoms with Crippen LogP contribution in [0.4, 0.5) is 5.69 Å². The fraction of sp³-hybridized carbons (Fsp3) is 0.519. The molecule has 0 radical (unpaired) electrons. The molecule has 2 aliphatic heterocycles. The standard InChI is InChI=1S/C14H19NO.C13H20O.C12H14N2.C11H17NO2S.C10H17NO.C9H15NOS.C8H12O/c1-10(2)12-7-6-11(3)13(9-12)15-8-4-5-14(15)16;1-10(2)13-7-5-12(6-8-13)9-14-11(3)4;1-9(2)10-3-5-11(6-4-10)12-7-13-8-14-12;1-9(2)10-5-7-11(8-6-10)15(13,14)12(3)4;1-7(2)9-11-6-8(12-9)10(3,4)5;1-6(2)8-5-12-9(10-8)7(3)11-4;1-6(2)8-5-4-7(3)9-8/h6-7,9-10H,4-5,8H2,1-3H3;5-8,10-11H,9H2,1-4H3;3-6,8-9H,7H2,1-2H3;5-9H,1-4H3;6-7H,1-5H3;5-7H,1-4H3;4-6H,1-3H3. The molecule has 13 nitrogen and oxygen atoms in total. The highest BCUT2D eigenvalue weighted by molar-refractivity contribution is 7.89. The van der Waals surface area contributed by atoms with E-state index < -0.39 is 10.0 Å². The van der Waals surface area contributed by atoms with Crippen molar-refractivity contribution in [3.05, 3.63) is 188 Å². The highest BCUT2D eigenvalue weighted by Crippen LogP contribution is 2.30. The fourth-order valence-corrected chi connectivity index (χ4v) is 10.6. The minimum atomic E-state index is -3.29. The van der Waals surface area contributed by atoms with Gasteiger partial charge in [-0.25, -0.2) is 27.7 Å². The molecule has 7 aromatic rings. The molecule has 0 spiro atoms. The maximum atomic E-state index is 11.7. The molecule has 1 fully saturated rings. The Morgan fingerprint density at radius 3 is 1.59 bits per heavy atom. The number of benzene rings is 4. The summed E-state index contributed by atoms with van der Waals surface area (Å²) in [6.45, 7) is 48.9. The van der Waals surface area contributed by atoms with Crippen molar-refractivity contribution in [3.63, 3.8) is 0 Å². The van der Waals surface area contributed by atoms with Gasteiger partial charge in [-0.2, -0.15) is 0 Å². The number of hydrogen-bond donors (Lipinski definition) is 0. The number of aromatic nitrogens is 2. The van der Waals surface area contributed by atoms with Crippen LogP contribution in [0.2, 0.25) is 0 Å². The van der Waals surface area contributed by atoms with Gasteiger partial charge in [-0.1, -0.05) is 190 Å². The molecule has 0 aliphatic carbocycles. The summed E-state index contributed by atoms with van der Waals surface area (Å²) in [5.74, 6) is 7.67. The summed E-state index contributed by atoms with van der Waals surface area (Å²) >= 11 is 1.67. The van der Waals surface area contributed by atoms with Gasteiger partial charge >= 0.3 is 0 Å². The van der Waals surface area contributed by atoms with Crippen LogP contribution in [0.5, 0.6) is 0 Å². The molecule has 506 valence electrons. The van der Waals surface area contributed by atoms with Crippen molar-refractivity contribution in [1.82, 2.24) is 14.3 Å². The van der Waals surface area contributed by atoms with Crippen molar-refractivity contribution in [2.24, 2.45) is 9.98 Å². The van der Waals surface area contributed by atoms with Crippen molar-refractivity contribution in [2.45, 2.75) is 236 Å². The van der Waals surface area contributed by atoms with Gasteiger partial charge in [-0.3, -0.25) is 9.79 Å². The van der Waals surface area contributed by atoms with E-state index in [2.05, 4.69) is 231 Å². The maximum absolute atomic E-state index is 11.7. The molecule has 4 aromatic carbocycles. The first-order chi connectivity index (χ1) is 43.1. The summed E-state index contributed by atoms with van der Waals surface area (Å²) in [6.07, 6.45) is 5.58. The summed E-state index contributed by atoms with van der Waals surface area (Å²) in [5.41, 5.74) is 12.3. The number of anilines is 1. The van der Waals surface area contributed by atoms with Crippen LogP contribution >= 0.6 is 11.3 Å². The van der Waals surface area contributed by atoms with Gasteiger partial charge in [0.05, 0.1) is 41.8 Å². The molecule has 2 aliphatic rings. The lowest BCUT2D eigenvalue weighted by Gasteiger charge is -2.20. The van der Waals surface area contributed by atoms with E-state index in [-0.39, 0.29) is 17.4 Å². The average Bonchev–Trinajstić information content (AvgIpc) is 1.38. The number of carbonyl (C=O) groups excluding carboxylic acids is 1. The van der Waals surface area contributed by atoms with E-state index in [9.17, 15) is 13.2 Å². The molecule has 5 heterocycles. The van der Waals surface area contributed by atoms with Crippen LogP contribution in [0.15, 0.2) is 138 Å². The first-order valence-electron chi connectivity index (χ1n) is 32.9. The third kappa shape index (κ3) is 26.9. The Hall–Kier alpha value is -6.36. The largest absolute Gasteiger partial charge is 0.466 e. The molecule has 0 bridgehead atoms. The van der Waals surface area contributed by atoms with Crippen LogP contribution in [0.3, 0.4) is 0 Å². The van der Waals surface area contributed by atoms with Crippen molar-refractivity contribution in [1.29, 1.82) is 0 Å². The van der Waals surface area contributed by atoms with E-state index in [4.69, 9.17) is 18.3 Å². The third-order valence-corrected chi connectivity index (χ3v) is 18.0. The van der Waals surface area contributed by atoms with Crippen molar-refractivity contribution in [3.8, 4) is 0 Å². The summed E-state index contributed by atoms with van der Waals surface area (Å²) in [5, 5.41) is 3.18. The summed E-state index contributed by atoms with van der Waals surface area (Å²) in [6, 6.07) is 34.8. The summed E-state index contributed by atoms with van der Waals surface area (Å²) in [7, 11) is 1.49. The summed E-state index contributed by atoms with van der Waals surface area (Å²) in [4.78, 5) is 31.0. The number of hydrogen-bond acceptors (Lipinski definition) is 12. The number of amides is 1. The van der Waals surface area contributed by atoms with E-state index in [1.54, 1.807) is 36.9 Å². The zero-order valence-corrected chi connectivity index (χ0v) is 62.3.